The van der Waals surface area contributed by atoms with E-state index in [-0.39, 0.29) is 6.10 Å². The highest BCUT2D eigenvalue weighted by molar-refractivity contribution is 7.08. The minimum atomic E-state index is 0.0251. The van der Waals surface area contributed by atoms with Crippen molar-refractivity contribution in [2.75, 3.05) is 13.2 Å². The summed E-state index contributed by atoms with van der Waals surface area (Å²) in [5.41, 5.74) is 5.43. The molecule has 2 rings (SSSR count). The van der Waals surface area contributed by atoms with Crippen LogP contribution < -0.4 is 15.2 Å². The van der Waals surface area contributed by atoms with Gasteiger partial charge in [0.1, 0.15) is 12.7 Å². The fourth-order valence-corrected chi connectivity index (χ4v) is 1.65. The number of hydrogen-bond acceptors (Lipinski definition) is 4. The molecule has 0 spiro atoms. The molecule has 11 heavy (non-hydrogen) atoms. The lowest BCUT2D eigenvalue weighted by Crippen LogP contribution is -2.35. The number of ether oxygens (including phenoxy) is 2. The summed E-state index contributed by atoms with van der Waals surface area (Å²) >= 11 is 1.58. The van der Waals surface area contributed by atoms with Crippen LogP contribution in [-0.2, 0) is 0 Å². The monoisotopic (exact) mass is 171 g/mol. The minimum absolute atomic E-state index is 0.0251. The second kappa shape index (κ2) is 2.71. The largest absolute Gasteiger partial charge is 0.485 e. The Kier molecular flexibility index (Phi) is 1.71. The summed E-state index contributed by atoms with van der Waals surface area (Å²) in [6.45, 7) is 1.08. The van der Waals surface area contributed by atoms with Gasteiger partial charge in [-0.15, -0.1) is 11.3 Å². The lowest BCUT2D eigenvalue weighted by molar-refractivity contribution is 0.0983. The quantitative estimate of drug-likeness (QED) is 0.681. The first-order chi connectivity index (χ1) is 5.40. The third kappa shape index (κ3) is 1.19. The van der Waals surface area contributed by atoms with Crippen molar-refractivity contribution >= 4 is 11.3 Å². The SMILES string of the molecule is NC[C@H]1COc2cscc2O1. The molecule has 1 aliphatic rings. The minimum Gasteiger partial charge on any atom is -0.485 e. The molecule has 1 atom stereocenters. The van der Waals surface area contributed by atoms with Crippen LogP contribution in [0.15, 0.2) is 10.8 Å². The molecule has 1 aromatic heterocycles. The van der Waals surface area contributed by atoms with Gasteiger partial charge in [-0.05, 0) is 0 Å². The third-order valence-electron chi connectivity index (χ3n) is 1.57. The average Bonchev–Trinajstić information content (AvgIpc) is 2.50. The van der Waals surface area contributed by atoms with Crippen LogP contribution in [0.4, 0.5) is 0 Å². The third-order valence-corrected chi connectivity index (χ3v) is 2.27. The molecule has 0 radical (unpaired) electrons. The molecule has 0 amide bonds. The molecule has 1 aromatic rings. The van der Waals surface area contributed by atoms with E-state index in [2.05, 4.69) is 0 Å². The van der Waals surface area contributed by atoms with Crippen LogP contribution in [0.2, 0.25) is 0 Å². The van der Waals surface area contributed by atoms with Gasteiger partial charge < -0.3 is 15.2 Å². The molecule has 4 heteroatoms. The molecule has 0 saturated heterocycles. The molecule has 2 N–H and O–H groups in total. The molecule has 0 bridgehead atoms. The van der Waals surface area contributed by atoms with Crippen LogP contribution in [-0.4, -0.2) is 19.3 Å². The van der Waals surface area contributed by atoms with Crippen molar-refractivity contribution in [3.8, 4) is 11.5 Å². The second-order valence-corrected chi connectivity index (χ2v) is 3.13. The van der Waals surface area contributed by atoms with Crippen molar-refractivity contribution in [3.05, 3.63) is 10.8 Å². The molecule has 0 saturated carbocycles. The second-order valence-electron chi connectivity index (χ2n) is 2.39. The molecule has 2 heterocycles. The van der Waals surface area contributed by atoms with Crippen LogP contribution in [0.3, 0.4) is 0 Å². The lowest BCUT2D eigenvalue weighted by Gasteiger charge is -2.22. The van der Waals surface area contributed by atoms with E-state index < -0.39 is 0 Å². The summed E-state index contributed by atoms with van der Waals surface area (Å²) < 4.78 is 10.9. The van der Waals surface area contributed by atoms with Gasteiger partial charge >= 0.3 is 0 Å². The highest BCUT2D eigenvalue weighted by Crippen LogP contribution is 2.34. The summed E-state index contributed by atoms with van der Waals surface area (Å²) in [4.78, 5) is 0. The maximum atomic E-state index is 5.48. The average molecular weight is 171 g/mol. The smallest absolute Gasteiger partial charge is 0.172 e. The molecule has 0 fully saturated rings. The summed E-state index contributed by atoms with van der Waals surface area (Å²) in [5, 5.41) is 3.86. The topological polar surface area (TPSA) is 44.5 Å². The number of fused-ring (bicyclic) bond motifs is 1. The van der Waals surface area contributed by atoms with Gasteiger partial charge in [-0.3, -0.25) is 0 Å². The van der Waals surface area contributed by atoms with Gasteiger partial charge in [-0.1, -0.05) is 0 Å². The number of rotatable bonds is 1. The Hall–Kier alpha value is -0.740. The Morgan fingerprint density at radius 1 is 1.55 bits per heavy atom. The summed E-state index contributed by atoms with van der Waals surface area (Å²) in [5.74, 6) is 1.68. The standard InChI is InChI=1S/C7H9NO2S/c8-1-5-2-9-6-3-11-4-7(6)10-5/h3-5H,1-2,8H2/t5-/m0/s1. The Morgan fingerprint density at radius 3 is 3.18 bits per heavy atom. The first kappa shape index (κ1) is 6.94. The molecule has 60 valence electrons. The van der Waals surface area contributed by atoms with Crippen molar-refractivity contribution in [2.24, 2.45) is 5.73 Å². The van der Waals surface area contributed by atoms with Crippen molar-refractivity contribution in [3.63, 3.8) is 0 Å². The zero-order valence-corrected chi connectivity index (χ0v) is 6.76. The first-order valence-electron chi connectivity index (χ1n) is 3.46. The van der Waals surface area contributed by atoms with Gasteiger partial charge in [0.05, 0.1) is 0 Å². The van der Waals surface area contributed by atoms with Gasteiger partial charge in [0.15, 0.2) is 11.5 Å². The van der Waals surface area contributed by atoms with Crippen LogP contribution in [0.1, 0.15) is 0 Å². The highest BCUT2D eigenvalue weighted by atomic mass is 32.1. The van der Waals surface area contributed by atoms with Gasteiger partial charge in [0, 0.05) is 17.3 Å². The van der Waals surface area contributed by atoms with E-state index in [0.29, 0.717) is 13.2 Å². The van der Waals surface area contributed by atoms with Crippen molar-refractivity contribution in [2.45, 2.75) is 6.10 Å². The van der Waals surface area contributed by atoms with Crippen LogP contribution >= 0.6 is 11.3 Å². The van der Waals surface area contributed by atoms with E-state index in [4.69, 9.17) is 15.2 Å². The maximum Gasteiger partial charge on any atom is 0.172 e. The fourth-order valence-electron chi connectivity index (χ4n) is 0.977. The molecule has 3 nitrogen and oxygen atoms in total. The van der Waals surface area contributed by atoms with Crippen LogP contribution in [0, 0.1) is 0 Å². The predicted molar refractivity (Wildman–Crippen MR) is 43.3 cm³/mol. The summed E-state index contributed by atoms with van der Waals surface area (Å²) in [7, 11) is 0. The molecular formula is C7H9NO2S. The first-order valence-corrected chi connectivity index (χ1v) is 4.40. The number of nitrogens with two attached hydrogens (primary N) is 1. The zero-order chi connectivity index (χ0) is 7.68. The molecule has 1 aliphatic heterocycles. The van der Waals surface area contributed by atoms with E-state index in [1.807, 2.05) is 10.8 Å². The van der Waals surface area contributed by atoms with Crippen molar-refractivity contribution < 1.29 is 9.47 Å². The normalized spacial score (nSPS) is 21.7. The van der Waals surface area contributed by atoms with Gasteiger partial charge in [0.2, 0.25) is 0 Å². The van der Waals surface area contributed by atoms with Gasteiger partial charge in [-0.25, -0.2) is 0 Å². The van der Waals surface area contributed by atoms with Gasteiger partial charge in [-0.2, -0.15) is 0 Å². The van der Waals surface area contributed by atoms with E-state index in [1.165, 1.54) is 0 Å². The van der Waals surface area contributed by atoms with Crippen LogP contribution in [0.25, 0.3) is 0 Å². The zero-order valence-electron chi connectivity index (χ0n) is 5.95. The molecule has 0 aliphatic carbocycles. The Balaban J connectivity index is 2.18. The van der Waals surface area contributed by atoms with E-state index in [9.17, 15) is 0 Å². The number of hydrogen-bond donors (Lipinski definition) is 1. The Bertz CT molecular complexity index is 248. The lowest BCUT2D eigenvalue weighted by atomic mass is 10.3. The Labute approximate surface area is 68.7 Å². The summed E-state index contributed by atoms with van der Waals surface area (Å²) in [6.07, 6.45) is 0.0251. The summed E-state index contributed by atoms with van der Waals surface area (Å²) in [6, 6.07) is 0. The molecular weight excluding hydrogens is 162 g/mol. The Morgan fingerprint density at radius 2 is 2.36 bits per heavy atom. The van der Waals surface area contributed by atoms with E-state index in [1.54, 1.807) is 11.3 Å². The van der Waals surface area contributed by atoms with Crippen molar-refractivity contribution in [1.29, 1.82) is 0 Å². The van der Waals surface area contributed by atoms with Crippen molar-refractivity contribution in [1.82, 2.24) is 0 Å². The highest BCUT2D eigenvalue weighted by Gasteiger charge is 2.19. The number of thiophene rings is 1. The van der Waals surface area contributed by atoms with Gasteiger partial charge in [0.25, 0.3) is 0 Å². The molecule has 0 aromatic carbocycles. The van der Waals surface area contributed by atoms with E-state index in [0.717, 1.165) is 11.5 Å². The predicted octanol–water partition coefficient (Wildman–Crippen LogP) is 0.847. The van der Waals surface area contributed by atoms with E-state index >= 15 is 0 Å². The maximum absolute atomic E-state index is 5.48. The molecule has 0 unspecified atom stereocenters. The van der Waals surface area contributed by atoms with Crippen LogP contribution in [0.5, 0.6) is 11.5 Å². The fraction of sp³-hybridized carbons (Fsp3) is 0.429.